The van der Waals surface area contributed by atoms with Crippen molar-refractivity contribution in [2.75, 3.05) is 0 Å². The molecule has 1 rings (SSSR count). The summed E-state index contributed by atoms with van der Waals surface area (Å²) in [5.74, 6) is -8.18. The third-order valence-corrected chi connectivity index (χ3v) is 6.32. The second-order valence-electron chi connectivity index (χ2n) is 9.79. The van der Waals surface area contributed by atoms with Crippen LogP contribution in [0.2, 0.25) is 0 Å². The Kier molecular flexibility index (Phi) is 15.1. The first-order valence-corrected chi connectivity index (χ1v) is 13.4. The predicted molar refractivity (Wildman–Crippen MR) is 147 cm³/mol. The van der Waals surface area contributed by atoms with E-state index in [-0.39, 0.29) is 6.61 Å². The number of alkyl carbamates (subject to hydrolysis) is 1. The van der Waals surface area contributed by atoms with Gasteiger partial charge in [-0.1, -0.05) is 50.6 Å². The van der Waals surface area contributed by atoms with E-state index >= 15 is 0 Å². The summed E-state index contributed by atoms with van der Waals surface area (Å²) in [7, 11) is 0. The van der Waals surface area contributed by atoms with Crippen LogP contribution in [0.3, 0.4) is 0 Å². The standard InChI is InChI=1S/C27H38N4O12/c1-4-14(2)21(31-27(42)43-13-16-8-6-5-7-9-16)24(38)28-17(10-11-19(33)34)23(37)30-22(15(3)32)25(39)29-18(26(40)41)12-20(35)36/h5-9,14-15,17-18,21-22,32H,4,10-13H2,1-3H3,(H,28,38)(H,29,39)(H,30,37)(H,31,42)(H,33,34)(H,35,36)(H,40,41)/t14-,15+,17-,18-,21-,22-/m0/s1. The lowest BCUT2D eigenvalue weighted by Crippen LogP contribution is -2.60. The van der Waals surface area contributed by atoms with Gasteiger partial charge in [0.2, 0.25) is 17.7 Å². The molecule has 0 bridgehead atoms. The van der Waals surface area contributed by atoms with Gasteiger partial charge in [0.15, 0.2) is 0 Å². The van der Waals surface area contributed by atoms with Crippen LogP contribution in [0, 0.1) is 5.92 Å². The number of ether oxygens (including phenoxy) is 1. The molecule has 16 heteroatoms. The number of carbonyl (C=O) groups excluding carboxylic acids is 4. The van der Waals surface area contributed by atoms with E-state index in [1.54, 1.807) is 44.2 Å². The van der Waals surface area contributed by atoms with Crippen molar-refractivity contribution in [3.8, 4) is 0 Å². The van der Waals surface area contributed by atoms with E-state index in [9.17, 15) is 43.8 Å². The molecule has 43 heavy (non-hydrogen) atoms. The molecule has 0 saturated carbocycles. The number of aliphatic hydroxyl groups is 1. The summed E-state index contributed by atoms with van der Waals surface area (Å²) in [4.78, 5) is 85.0. The first-order chi connectivity index (χ1) is 20.2. The van der Waals surface area contributed by atoms with Crippen molar-refractivity contribution in [2.45, 2.75) is 83.3 Å². The Balaban J connectivity index is 3.07. The highest BCUT2D eigenvalue weighted by molar-refractivity contribution is 5.95. The predicted octanol–water partition coefficient (Wildman–Crippen LogP) is -0.413. The first-order valence-electron chi connectivity index (χ1n) is 13.4. The monoisotopic (exact) mass is 610 g/mol. The van der Waals surface area contributed by atoms with Gasteiger partial charge in [-0.3, -0.25) is 24.0 Å². The van der Waals surface area contributed by atoms with Crippen LogP contribution in [0.1, 0.15) is 52.0 Å². The molecule has 0 aromatic heterocycles. The van der Waals surface area contributed by atoms with Crippen molar-refractivity contribution in [1.29, 1.82) is 0 Å². The molecule has 0 aliphatic heterocycles. The fourth-order valence-corrected chi connectivity index (χ4v) is 3.69. The SMILES string of the molecule is CC[C@H](C)[C@H](NC(=O)OCc1ccccc1)C(=O)N[C@@H](CCC(=O)O)C(=O)N[C@H](C(=O)N[C@@H](CC(=O)O)C(=O)O)[C@@H](C)O. The van der Waals surface area contributed by atoms with Crippen LogP contribution in [-0.2, 0) is 40.1 Å². The van der Waals surface area contributed by atoms with E-state index < -0.39 is 97.2 Å². The molecule has 0 heterocycles. The third-order valence-electron chi connectivity index (χ3n) is 6.32. The number of aliphatic carboxylic acids is 3. The highest BCUT2D eigenvalue weighted by Gasteiger charge is 2.35. The van der Waals surface area contributed by atoms with Gasteiger partial charge in [0.05, 0.1) is 12.5 Å². The maximum absolute atomic E-state index is 13.2. The molecule has 0 radical (unpaired) electrons. The van der Waals surface area contributed by atoms with E-state index in [1.165, 1.54) is 0 Å². The third kappa shape index (κ3) is 13.2. The zero-order valence-electron chi connectivity index (χ0n) is 23.9. The summed E-state index contributed by atoms with van der Waals surface area (Å²) >= 11 is 0. The maximum atomic E-state index is 13.2. The van der Waals surface area contributed by atoms with Crippen molar-refractivity contribution < 1.29 is 58.7 Å². The Labute approximate surface area is 247 Å². The molecule has 16 nitrogen and oxygen atoms in total. The smallest absolute Gasteiger partial charge is 0.408 e. The van der Waals surface area contributed by atoms with Crippen molar-refractivity contribution >= 4 is 41.7 Å². The molecule has 0 fully saturated rings. The van der Waals surface area contributed by atoms with Gasteiger partial charge in [-0.25, -0.2) is 9.59 Å². The number of amides is 4. The number of hydrogen-bond donors (Lipinski definition) is 8. The summed E-state index contributed by atoms with van der Waals surface area (Å²) < 4.78 is 5.17. The summed E-state index contributed by atoms with van der Waals surface area (Å²) in [5.41, 5.74) is 0.696. The Morgan fingerprint density at radius 3 is 1.86 bits per heavy atom. The Morgan fingerprint density at radius 2 is 1.35 bits per heavy atom. The molecule has 0 saturated heterocycles. The first kappa shape index (κ1) is 36.3. The molecule has 0 unspecified atom stereocenters. The number of carbonyl (C=O) groups is 7. The van der Waals surface area contributed by atoms with Crippen LogP contribution >= 0.6 is 0 Å². The van der Waals surface area contributed by atoms with Gasteiger partial charge < -0.3 is 46.4 Å². The fourth-order valence-electron chi connectivity index (χ4n) is 3.69. The zero-order chi connectivity index (χ0) is 32.7. The van der Waals surface area contributed by atoms with Crippen LogP contribution in [0.25, 0.3) is 0 Å². The summed E-state index contributed by atoms with van der Waals surface area (Å²) in [6.07, 6.45) is -4.16. The van der Waals surface area contributed by atoms with Gasteiger partial charge in [0.25, 0.3) is 0 Å². The van der Waals surface area contributed by atoms with E-state index in [1.807, 2.05) is 5.32 Å². The van der Waals surface area contributed by atoms with E-state index in [0.717, 1.165) is 6.92 Å². The molecule has 0 aliphatic carbocycles. The van der Waals surface area contributed by atoms with Crippen molar-refractivity contribution in [3.05, 3.63) is 35.9 Å². The number of hydrogen-bond acceptors (Lipinski definition) is 9. The molecular weight excluding hydrogens is 572 g/mol. The highest BCUT2D eigenvalue weighted by atomic mass is 16.5. The summed E-state index contributed by atoms with van der Waals surface area (Å²) in [6, 6.07) is 2.28. The van der Waals surface area contributed by atoms with Crippen LogP contribution in [0.5, 0.6) is 0 Å². The second-order valence-corrected chi connectivity index (χ2v) is 9.79. The van der Waals surface area contributed by atoms with Crippen molar-refractivity contribution in [1.82, 2.24) is 21.3 Å². The summed E-state index contributed by atoms with van der Waals surface area (Å²) in [5, 5.41) is 46.2. The lowest BCUT2D eigenvalue weighted by atomic mass is 9.97. The van der Waals surface area contributed by atoms with Crippen LogP contribution in [0.4, 0.5) is 4.79 Å². The number of benzene rings is 1. The Morgan fingerprint density at radius 1 is 0.767 bits per heavy atom. The maximum Gasteiger partial charge on any atom is 0.408 e. The van der Waals surface area contributed by atoms with E-state index in [4.69, 9.17) is 14.9 Å². The number of rotatable bonds is 18. The van der Waals surface area contributed by atoms with Gasteiger partial charge in [-0.15, -0.1) is 0 Å². The minimum Gasteiger partial charge on any atom is -0.481 e. The largest absolute Gasteiger partial charge is 0.481 e. The molecule has 0 aliphatic rings. The van der Waals surface area contributed by atoms with Crippen molar-refractivity contribution in [3.63, 3.8) is 0 Å². The quantitative estimate of drug-likeness (QED) is 0.105. The Bertz CT molecular complexity index is 1140. The average Bonchev–Trinajstić information content (AvgIpc) is 2.94. The average molecular weight is 611 g/mol. The molecule has 6 atom stereocenters. The van der Waals surface area contributed by atoms with E-state index in [0.29, 0.717) is 12.0 Å². The molecule has 1 aromatic carbocycles. The van der Waals surface area contributed by atoms with Gasteiger partial charge >= 0.3 is 24.0 Å². The highest BCUT2D eigenvalue weighted by Crippen LogP contribution is 2.11. The molecule has 4 amide bonds. The van der Waals surface area contributed by atoms with Crippen LogP contribution in [-0.4, -0.2) is 92.4 Å². The van der Waals surface area contributed by atoms with Gasteiger partial charge in [-0.05, 0) is 24.8 Å². The normalized spacial score (nSPS) is 14.9. The van der Waals surface area contributed by atoms with Crippen LogP contribution in [0.15, 0.2) is 30.3 Å². The number of carboxylic acid groups (broad SMARTS) is 3. The lowest BCUT2D eigenvalue weighted by Gasteiger charge is -2.28. The van der Waals surface area contributed by atoms with Crippen LogP contribution < -0.4 is 21.3 Å². The van der Waals surface area contributed by atoms with Crippen molar-refractivity contribution in [2.24, 2.45) is 5.92 Å². The van der Waals surface area contributed by atoms with E-state index in [2.05, 4.69) is 16.0 Å². The molecule has 238 valence electrons. The molecule has 1 aromatic rings. The molecular formula is C27H38N4O12. The topological polar surface area (TPSA) is 258 Å². The Hall–Kier alpha value is -4.73. The zero-order valence-corrected chi connectivity index (χ0v) is 23.9. The minimum absolute atomic E-state index is 0.0802. The summed E-state index contributed by atoms with van der Waals surface area (Å²) in [6.45, 7) is 4.41. The number of carboxylic acids is 3. The molecule has 8 N–H and O–H groups in total. The van der Waals surface area contributed by atoms with Gasteiger partial charge in [0, 0.05) is 6.42 Å². The van der Waals surface area contributed by atoms with Gasteiger partial charge in [-0.2, -0.15) is 0 Å². The number of aliphatic hydroxyl groups excluding tert-OH is 1. The lowest BCUT2D eigenvalue weighted by molar-refractivity contribution is -0.148. The second kappa shape index (κ2) is 17.9. The fraction of sp³-hybridized carbons (Fsp3) is 0.519. The van der Waals surface area contributed by atoms with Gasteiger partial charge in [0.1, 0.15) is 30.8 Å². The molecule has 0 spiro atoms. The minimum atomic E-state index is -1.88. The number of nitrogens with one attached hydrogen (secondary N) is 4.